The predicted octanol–water partition coefficient (Wildman–Crippen LogP) is 2.12. The lowest BCUT2D eigenvalue weighted by atomic mass is 9.89. The van der Waals surface area contributed by atoms with Crippen LogP contribution in [-0.4, -0.2) is 11.7 Å². The molecule has 58 valence electrons. The minimum atomic E-state index is 0.205. The first-order chi connectivity index (χ1) is 4.93. The maximum atomic E-state index is 8.51. The number of allylic oxidation sites excluding steroid dienone is 1. The number of hydrogen-bond acceptors (Lipinski definition) is 1. The second kappa shape index (κ2) is 4.51. The summed E-state index contributed by atoms with van der Waals surface area (Å²) in [5.41, 5.74) is 0. The molecule has 0 amide bonds. The summed E-state index contributed by atoms with van der Waals surface area (Å²) in [6.07, 6.45) is 10.9. The normalized spacial score (nSPS) is 22.1. The van der Waals surface area contributed by atoms with Gasteiger partial charge in [0, 0.05) is 0 Å². The molecule has 1 aliphatic carbocycles. The van der Waals surface area contributed by atoms with Gasteiger partial charge in [0.05, 0.1) is 6.61 Å². The summed E-state index contributed by atoms with van der Waals surface area (Å²) in [7, 11) is 0. The number of rotatable bonds is 2. The summed E-state index contributed by atoms with van der Waals surface area (Å²) in [6.45, 7) is 0.205. The molecule has 0 spiro atoms. The Bertz CT molecular complexity index is 101. The van der Waals surface area contributed by atoms with Crippen LogP contribution in [0.4, 0.5) is 0 Å². The molecule has 1 N–H and O–H groups in total. The first kappa shape index (κ1) is 7.80. The van der Waals surface area contributed by atoms with Crippen LogP contribution in [0.2, 0.25) is 0 Å². The highest BCUT2D eigenvalue weighted by molar-refractivity contribution is 4.89. The Hall–Kier alpha value is -0.300. The fourth-order valence-electron chi connectivity index (χ4n) is 1.58. The van der Waals surface area contributed by atoms with Gasteiger partial charge in [-0.3, -0.25) is 0 Å². The molecule has 0 aromatic carbocycles. The Balaban J connectivity index is 2.19. The largest absolute Gasteiger partial charge is 0.392 e. The van der Waals surface area contributed by atoms with Crippen LogP contribution >= 0.6 is 0 Å². The van der Waals surface area contributed by atoms with E-state index in [0.29, 0.717) is 0 Å². The van der Waals surface area contributed by atoms with Gasteiger partial charge >= 0.3 is 0 Å². The zero-order valence-corrected chi connectivity index (χ0v) is 6.42. The van der Waals surface area contributed by atoms with Crippen molar-refractivity contribution in [3.63, 3.8) is 0 Å². The van der Waals surface area contributed by atoms with Crippen LogP contribution in [0, 0.1) is 5.92 Å². The van der Waals surface area contributed by atoms with Crippen molar-refractivity contribution >= 4 is 0 Å². The molecule has 0 aliphatic heterocycles. The third kappa shape index (κ3) is 2.53. The fourth-order valence-corrected chi connectivity index (χ4v) is 1.58. The Morgan fingerprint density at radius 3 is 2.50 bits per heavy atom. The zero-order valence-electron chi connectivity index (χ0n) is 6.42. The Labute approximate surface area is 62.8 Å². The van der Waals surface area contributed by atoms with E-state index in [9.17, 15) is 0 Å². The van der Waals surface area contributed by atoms with E-state index in [1.807, 2.05) is 6.08 Å². The van der Waals surface area contributed by atoms with Crippen LogP contribution in [0.3, 0.4) is 0 Å². The van der Waals surface area contributed by atoms with E-state index in [0.717, 1.165) is 5.92 Å². The van der Waals surface area contributed by atoms with E-state index < -0.39 is 0 Å². The quantitative estimate of drug-likeness (QED) is 0.582. The van der Waals surface area contributed by atoms with E-state index in [1.165, 1.54) is 32.1 Å². The Morgan fingerprint density at radius 1 is 1.20 bits per heavy atom. The van der Waals surface area contributed by atoms with Gasteiger partial charge in [-0.1, -0.05) is 31.4 Å². The monoisotopic (exact) mass is 140 g/mol. The van der Waals surface area contributed by atoms with Gasteiger partial charge in [0.15, 0.2) is 0 Å². The van der Waals surface area contributed by atoms with E-state index in [1.54, 1.807) is 0 Å². The molecule has 1 heteroatoms. The molecule has 0 aromatic heterocycles. The molecule has 10 heavy (non-hydrogen) atoms. The average molecular weight is 140 g/mol. The summed E-state index contributed by atoms with van der Waals surface area (Å²) < 4.78 is 0. The molecule has 0 heterocycles. The number of hydrogen-bond donors (Lipinski definition) is 1. The van der Waals surface area contributed by atoms with Crippen molar-refractivity contribution in [2.24, 2.45) is 5.92 Å². The first-order valence-electron chi connectivity index (χ1n) is 4.21. The van der Waals surface area contributed by atoms with E-state index in [2.05, 4.69) is 6.08 Å². The van der Waals surface area contributed by atoms with Crippen LogP contribution in [0.1, 0.15) is 32.1 Å². The van der Waals surface area contributed by atoms with Crippen molar-refractivity contribution in [1.29, 1.82) is 0 Å². The minimum absolute atomic E-state index is 0.205. The number of aliphatic hydroxyl groups is 1. The van der Waals surface area contributed by atoms with Gasteiger partial charge in [0.2, 0.25) is 0 Å². The fraction of sp³-hybridized carbons (Fsp3) is 0.778. The van der Waals surface area contributed by atoms with Gasteiger partial charge in [0.25, 0.3) is 0 Å². The summed E-state index contributed by atoms with van der Waals surface area (Å²) >= 11 is 0. The molecular formula is C9H16O. The molecule has 0 unspecified atom stereocenters. The van der Waals surface area contributed by atoms with Crippen molar-refractivity contribution in [3.8, 4) is 0 Å². The molecule has 1 saturated carbocycles. The Kier molecular flexibility index (Phi) is 3.52. The highest BCUT2D eigenvalue weighted by Gasteiger charge is 2.08. The summed E-state index contributed by atoms with van der Waals surface area (Å²) in [5.74, 6) is 0.765. The summed E-state index contributed by atoms with van der Waals surface area (Å²) in [6, 6.07) is 0. The van der Waals surface area contributed by atoms with Crippen molar-refractivity contribution in [1.82, 2.24) is 0 Å². The molecule has 0 bridgehead atoms. The molecule has 0 aromatic rings. The second-order valence-electron chi connectivity index (χ2n) is 3.01. The maximum absolute atomic E-state index is 8.51. The van der Waals surface area contributed by atoms with Crippen LogP contribution in [0.5, 0.6) is 0 Å². The Morgan fingerprint density at radius 2 is 1.90 bits per heavy atom. The third-order valence-electron chi connectivity index (χ3n) is 2.16. The lowest BCUT2D eigenvalue weighted by Gasteiger charge is -2.17. The summed E-state index contributed by atoms with van der Waals surface area (Å²) in [5, 5.41) is 8.51. The molecule has 1 nitrogen and oxygen atoms in total. The standard InChI is InChI=1S/C9H16O/c10-8-4-7-9-5-2-1-3-6-9/h4,7,9-10H,1-3,5-6,8H2. The third-order valence-corrected chi connectivity index (χ3v) is 2.16. The van der Waals surface area contributed by atoms with E-state index >= 15 is 0 Å². The first-order valence-corrected chi connectivity index (χ1v) is 4.21. The van der Waals surface area contributed by atoms with Gasteiger partial charge in [-0.05, 0) is 18.8 Å². The highest BCUT2D eigenvalue weighted by Crippen LogP contribution is 2.24. The molecule has 1 aliphatic rings. The van der Waals surface area contributed by atoms with Gasteiger partial charge in [0.1, 0.15) is 0 Å². The number of aliphatic hydroxyl groups excluding tert-OH is 1. The minimum Gasteiger partial charge on any atom is -0.392 e. The molecule has 0 atom stereocenters. The molecule has 1 rings (SSSR count). The van der Waals surface area contributed by atoms with Crippen LogP contribution in [0.25, 0.3) is 0 Å². The molecule has 0 radical (unpaired) electrons. The van der Waals surface area contributed by atoms with Crippen molar-refractivity contribution in [2.45, 2.75) is 32.1 Å². The van der Waals surface area contributed by atoms with Crippen molar-refractivity contribution < 1.29 is 5.11 Å². The maximum Gasteiger partial charge on any atom is 0.0612 e. The van der Waals surface area contributed by atoms with Gasteiger partial charge in [-0.2, -0.15) is 0 Å². The predicted molar refractivity (Wildman–Crippen MR) is 42.8 cm³/mol. The average Bonchev–Trinajstić information content (AvgIpc) is 2.03. The topological polar surface area (TPSA) is 20.2 Å². The van der Waals surface area contributed by atoms with Crippen LogP contribution in [0.15, 0.2) is 12.2 Å². The highest BCUT2D eigenvalue weighted by atomic mass is 16.2. The molecular weight excluding hydrogens is 124 g/mol. The lowest BCUT2D eigenvalue weighted by molar-refractivity contribution is 0.339. The smallest absolute Gasteiger partial charge is 0.0612 e. The van der Waals surface area contributed by atoms with Crippen LogP contribution < -0.4 is 0 Å². The van der Waals surface area contributed by atoms with Gasteiger partial charge in [-0.15, -0.1) is 0 Å². The SMILES string of the molecule is OCC=CC1CCCCC1. The molecule has 0 saturated heterocycles. The van der Waals surface area contributed by atoms with Crippen molar-refractivity contribution in [3.05, 3.63) is 12.2 Å². The summed E-state index contributed by atoms with van der Waals surface area (Å²) in [4.78, 5) is 0. The van der Waals surface area contributed by atoms with Crippen molar-refractivity contribution in [2.75, 3.05) is 6.61 Å². The van der Waals surface area contributed by atoms with E-state index in [-0.39, 0.29) is 6.61 Å². The second-order valence-corrected chi connectivity index (χ2v) is 3.01. The molecule has 1 fully saturated rings. The zero-order chi connectivity index (χ0) is 7.23. The van der Waals surface area contributed by atoms with E-state index in [4.69, 9.17) is 5.11 Å². The van der Waals surface area contributed by atoms with Crippen LogP contribution in [-0.2, 0) is 0 Å². The van der Waals surface area contributed by atoms with Gasteiger partial charge in [-0.25, -0.2) is 0 Å². The van der Waals surface area contributed by atoms with Gasteiger partial charge < -0.3 is 5.11 Å². The lowest BCUT2D eigenvalue weighted by Crippen LogP contribution is -2.02.